The van der Waals surface area contributed by atoms with E-state index in [-0.39, 0.29) is 6.09 Å². The number of piperazine rings is 1. The molecule has 10 heteroatoms. The van der Waals surface area contributed by atoms with Crippen molar-refractivity contribution in [3.63, 3.8) is 0 Å². The Morgan fingerprint density at radius 2 is 1.56 bits per heavy atom. The van der Waals surface area contributed by atoms with Gasteiger partial charge in [0.15, 0.2) is 0 Å². The van der Waals surface area contributed by atoms with E-state index >= 15 is 0 Å². The Hall–Kier alpha value is -0.940. The smallest absolute Gasteiger partial charge is 0.409 e. The predicted octanol–water partition coefficient (Wildman–Crippen LogP) is 0.0495. The maximum atomic E-state index is 12.9. The molecule has 1 amide bonds. The highest BCUT2D eigenvalue weighted by atomic mass is 32.2. The standard InChI is InChI=1S/C17H32N4O5S/c1-2-26-17(22)19-7-9-21(10-8-19)27(23,24)20-5-3-16(4-6-20)15-18-11-13-25-14-12-18/h16H,2-15H2,1H3. The van der Waals surface area contributed by atoms with E-state index in [0.717, 1.165) is 45.7 Å². The van der Waals surface area contributed by atoms with Crippen LogP contribution in [0.5, 0.6) is 0 Å². The number of rotatable bonds is 5. The monoisotopic (exact) mass is 404 g/mol. The van der Waals surface area contributed by atoms with Crippen LogP contribution in [0.4, 0.5) is 4.79 Å². The van der Waals surface area contributed by atoms with Gasteiger partial charge in [-0.25, -0.2) is 4.79 Å². The van der Waals surface area contributed by atoms with E-state index in [0.29, 0.717) is 51.8 Å². The van der Waals surface area contributed by atoms with Crippen LogP contribution in [0.2, 0.25) is 0 Å². The molecule has 0 aromatic rings. The third-order valence-electron chi connectivity index (χ3n) is 5.61. The number of ether oxygens (including phenoxy) is 2. The third-order valence-corrected chi connectivity index (χ3v) is 7.65. The lowest BCUT2D eigenvalue weighted by Crippen LogP contribution is -2.55. The van der Waals surface area contributed by atoms with Gasteiger partial charge in [0.05, 0.1) is 19.8 Å². The Labute approximate surface area is 162 Å². The fraction of sp³-hybridized carbons (Fsp3) is 0.941. The van der Waals surface area contributed by atoms with Crippen molar-refractivity contribution in [2.75, 3.05) is 78.7 Å². The Kier molecular flexibility index (Phi) is 7.32. The summed E-state index contributed by atoms with van der Waals surface area (Å²) in [6, 6.07) is 0. The lowest BCUT2D eigenvalue weighted by Gasteiger charge is -2.39. The molecule has 0 saturated carbocycles. The number of morpholine rings is 1. The van der Waals surface area contributed by atoms with Gasteiger partial charge in [0.1, 0.15) is 0 Å². The molecule has 0 radical (unpaired) electrons. The summed E-state index contributed by atoms with van der Waals surface area (Å²) in [4.78, 5) is 15.8. The summed E-state index contributed by atoms with van der Waals surface area (Å²) >= 11 is 0. The second kappa shape index (κ2) is 9.51. The predicted molar refractivity (Wildman–Crippen MR) is 101 cm³/mol. The number of hydrogen-bond acceptors (Lipinski definition) is 6. The Bertz CT molecular complexity index is 580. The van der Waals surface area contributed by atoms with Gasteiger partial charge in [0, 0.05) is 58.9 Å². The average molecular weight is 405 g/mol. The van der Waals surface area contributed by atoms with Crippen LogP contribution < -0.4 is 0 Å². The third kappa shape index (κ3) is 5.32. The van der Waals surface area contributed by atoms with E-state index in [1.54, 1.807) is 16.1 Å². The molecular formula is C17H32N4O5S. The van der Waals surface area contributed by atoms with Gasteiger partial charge in [-0.05, 0) is 25.7 Å². The van der Waals surface area contributed by atoms with E-state index in [4.69, 9.17) is 9.47 Å². The minimum absolute atomic E-state index is 0.328. The fourth-order valence-corrected chi connectivity index (χ4v) is 5.57. The summed E-state index contributed by atoms with van der Waals surface area (Å²) in [6.07, 6.45) is 1.44. The SMILES string of the molecule is CCOC(=O)N1CCN(S(=O)(=O)N2CCC(CN3CCOCC3)CC2)CC1. The Morgan fingerprint density at radius 3 is 2.15 bits per heavy atom. The van der Waals surface area contributed by atoms with E-state index in [2.05, 4.69) is 4.90 Å². The first-order valence-corrected chi connectivity index (χ1v) is 11.4. The average Bonchev–Trinajstić information content (AvgIpc) is 2.69. The van der Waals surface area contributed by atoms with Crippen molar-refractivity contribution in [3.8, 4) is 0 Å². The molecule has 3 aliphatic rings. The fourth-order valence-electron chi connectivity index (χ4n) is 3.95. The first-order chi connectivity index (χ1) is 13.0. The first-order valence-electron chi connectivity index (χ1n) is 9.97. The zero-order valence-electron chi connectivity index (χ0n) is 16.2. The van der Waals surface area contributed by atoms with Crippen LogP contribution in [0.15, 0.2) is 0 Å². The van der Waals surface area contributed by atoms with Crippen LogP contribution in [0.1, 0.15) is 19.8 Å². The molecule has 0 atom stereocenters. The highest BCUT2D eigenvalue weighted by Gasteiger charge is 2.36. The number of amides is 1. The zero-order chi connectivity index (χ0) is 19.3. The largest absolute Gasteiger partial charge is 0.450 e. The molecule has 0 bridgehead atoms. The van der Waals surface area contributed by atoms with Crippen molar-refractivity contribution in [1.29, 1.82) is 0 Å². The van der Waals surface area contributed by atoms with Crippen LogP contribution in [0, 0.1) is 5.92 Å². The van der Waals surface area contributed by atoms with E-state index in [1.165, 1.54) is 4.31 Å². The summed E-state index contributed by atoms with van der Waals surface area (Å²) in [5.41, 5.74) is 0. The highest BCUT2D eigenvalue weighted by Crippen LogP contribution is 2.23. The summed E-state index contributed by atoms with van der Waals surface area (Å²) in [6.45, 7) is 9.25. The van der Waals surface area contributed by atoms with Crippen LogP contribution in [-0.2, 0) is 19.7 Å². The van der Waals surface area contributed by atoms with E-state index < -0.39 is 10.2 Å². The molecule has 3 fully saturated rings. The molecule has 3 rings (SSSR count). The molecule has 3 aliphatic heterocycles. The maximum absolute atomic E-state index is 12.9. The summed E-state index contributed by atoms with van der Waals surface area (Å²) < 4.78 is 39.4. The van der Waals surface area contributed by atoms with Gasteiger partial charge in [-0.1, -0.05) is 0 Å². The second-order valence-corrected chi connectivity index (χ2v) is 9.28. The molecule has 0 aromatic carbocycles. The summed E-state index contributed by atoms with van der Waals surface area (Å²) in [5.74, 6) is 0.551. The summed E-state index contributed by atoms with van der Waals surface area (Å²) in [7, 11) is -3.45. The molecule has 3 saturated heterocycles. The molecule has 0 aliphatic carbocycles. The minimum atomic E-state index is -3.45. The quantitative estimate of drug-likeness (QED) is 0.644. The Balaban J connectivity index is 1.45. The van der Waals surface area contributed by atoms with Gasteiger partial charge in [0.2, 0.25) is 0 Å². The number of carbonyl (C=O) groups excluding carboxylic acids is 1. The van der Waals surface area contributed by atoms with Crippen molar-refractivity contribution >= 4 is 16.3 Å². The van der Waals surface area contributed by atoms with Crippen molar-refractivity contribution in [1.82, 2.24) is 18.4 Å². The molecule has 27 heavy (non-hydrogen) atoms. The summed E-state index contributed by atoms with van der Waals surface area (Å²) in [5, 5.41) is 0. The molecule has 156 valence electrons. The van der Waals surface area contributed by atoms with E-state index in [1.807, 2.05) is 0 Å². The molecule has 0 unspecified atom stereocenters. The van der Waals surface area contributed by atoms with Gasteiger partial charge in [-0.3, -0.25) is 4.90 Å². The molecule has 3 heterocycles. The number of nitrogens with zero attached hydrogens (tertiary/aromatic N) is 4. The Morgan fingerprint density at radius 1 is 0.963 bits per heavy atom. The van der Waals surface area contributed by atoms with Gasteiger partial charge in [-0.2, -0.15) is 17.0 Å². The van der Waals surface area contributed by atoms with Gasteiger partial charge in [-0.15, -0.1) is 0 Å². The van der Waals surface area contributed by atoms with E-state index in [9.17, 15) is 13.2 Å². The zero-order valence-corrected chi connectivity index (χ0v) is 17.0. The van der Waals surface area contributed by atoms with Gasteiger partial charge >= 0.3 is 6.09 Å². The topological polar surface area (TPSA) is 82.6 Å². The molecular weight excluding hydrogens is 372 g/mol. The first kappa shape index (κ1) is 20.8. The van der Waals surface area contributed by atoms with Crippen molar-refractivity contribution in [2.24, 2.45) is 5.92 Å². The molecule has 0 aromatic heterocycles. The lowest BCUT2D eigenvalue weighted by molar-refractivity contribution is 0.0267. The van der Waals surface area contributed by atoms with Crippen LogP contribution in [0.3, 0.4) is 0 Å². The normalized spacial score (nSPS) is 24.9. The van der Waals surface area contributed by atoms with Crippen molar-refractivity contribution in [3.05, 3.63) is 0 Å². The van der Waals surface area contributed by atoms with Crippen molar-refractivity contribution in [2.45, 2.75) is 19.8 Å². The second-order valence-electron chi connectivity index (χ2n) is 7.35. The van der Waals surface area contributed by atoms with Gasteiger partial charge < -0.3 is 14.4 Å². The number of carbonyl (C=O) groups is 1. The number of hydrogen-bond donors (Lipinski definition) is 0. The maximum Gasteiger partial charge on any atom is 0.409 e. The van der Waals surface area contributed by atoms with Crippen LogP contribution in [0.25, 0.3) is 0 Å². The molecule has 0 spiro atoms. The molecule has 0 N–H and O–H groups in total. The van der Waals surface area contributed by atoms with Crippen molar-refractivity contribution < 1.29 is 22.7 Å². The van der Waals surface area contributed by atoms with Gasteiger partial charge in [0.25, 0.3) is 10.2 Å². The molecule has 9 nitrogen and oxygen atoms in total. The van der Waals surface area contributed by atoms with Crippen LogP contribution >= 0.6 is 0 Å². The number of piperidine rings is 1. The van der Waals surface area contributed by atoms with Crippen LogP contribution in [-0.4, -0.2) is 112 Å². The minimum Gasteiger partial charge on any atom is -0.450 e. The lowest BCUT2D eigenvalue weighted by atomic mass is 9.97. The highest BCUT2D eigenvalue weighted by molar-refractivity contribution is 7.86.